The molecule has 7 heteroatoms. The molecule has 0 bridgehead atoms. The van der Waals surface area contributed by atoms with Crippen molar-refractivity contribution in [3.63, 3.8) is 0 Å². The van der Waals surface area contributed by atoms with Gasteiger partial charge >= 0.3 is 0 Å². The normalized spacial score (nSPS) is 19.1. The molecule has 27 heavy (non-hydrogen) atoms. The van der Waals surface area contributed by atoms with Gasteiger partial charge in [0.25, 0.3) is 5.91 Å². The van der Waals surface area contributed by atoms with Crippen LogP contribution in [0.1, 0.15) is 37.4 Å². The Kier molecular flexibility index (Phi) is 6.45. The molecule has 146 valence electrons. The van der Waals surface area contributed by atoms with Crippen molar-refractivity contribution in [2.24, 2.45) is 0 Å². The Morgan fingerprint density at radius 3 is 2.37 bits per heavy atom. The van der Waals surface area contributed by atoms with Crippen molar-refractivity contribution in [1.29, 1.82) is 0 Å². The SMILES string of the molecule is O=C1CCCN1CCC(=O)N1CCCN(C(=O)[C@@H](O)c2ccccc2)CC1. The lowest BCUT2D eigenvalue weighted by Crippen LogP contribution is -2.40. The van der Waals surface area contributed by atoms with Gasteiger partial charge in [0, 0.05) is 52.1 Å². The molecule has 0 aliphatic carbocycles. The second kappa shape index (κ2) is 8.99. The van der Waals surface area contributed by atoms with E-state index in [2.05, 4.69) is 0 Å². The van der Waals surface area contributed by atoms with Crippen molar-refractivity contribution in [3.05, 3.63) is 35.9 Å². The first kappa shape index (κ1) is 19.4. The van der Waals surface area contributed by atoms with Crippen molar-refractivity contribution in [2.75, 3.05) is 39.3 Å². The van der Waals surface area contributed by atoms with Gasteiger partial charge in [0.05, 0.1) is 0 Å². The molecule has 1 atom stereocenters. The van der Waals surface area contributed by atoms with E-state index in [1.165, 1.54) is 0 Å². The molecule has 2 aliphatic rings. The van der Waals surface area contributed by atoms with E-state index in [9.17, 15) is 19.5 Å². The lowest BCUT2D eigenvalue weighted by Gasteiger charge is -2.25. The number of likely N-dealkylation sites (tertiary alicyclic amines) is 1. The van der Waals surface area contributed by atoms with Crippen LogP contribution in [0, 0.1) is 0 Å². The van der Waals surface area contributed by atoms with Crippen LogP contribution in [0.2, 0.25) is 0 Å². The van der Waals surface area contributed by atoms with Crippen molar-refractivity contribution >= 4 is 17.7 Å². The van der Waals surface area contributed by atoms with Gasteiger partial charge in [-0.3, -0.25) is 14.4 Å². The third-order valence-electron chi connectivity index (χ3n) is 5.28. The number of carbonyl (C=O) groups is 3. The number of aliphatic hydroxyl groups excluding tert-OH is 1. The second-order valence-corrected chi connectivity index (χ2v) is 7.11. The molecule has 0 unspecified atom stereocenters. The molecule has 1 N–H and O–H groups in total. The van der Waals surface area contributed by atoms with Crippen LogP contribution < -0.4 is 0 Å². The zero-order valence-electron chi connectivity index (χ0n) is 15.5. The van der Waals surface area contributed by atoms with Gasteiger partial charge in [0.1, 0.15) is 0 Å². The van der Waals surface area contributed by atoms with Crippen LogP contribution in [-0.4, -0.2) is 76.8 Å². The Morgan fingerprint density at radius 2 is 1.67 bits per heavy atom. The molecule has 1 aromatic rings. The Bertz CT molecular complexity index is 679. The zero-order valence-corrected chi connectivity index (χ0v) is 15.5. The van der Waals surface area contributed by atoms with Gasteiger partial charge in [-0.05, 0) is 18.4 Å². The van der Waals surface area contributed by atoms with Crippen molar-refractivity contribution in [1.82, 2.24) is 14.7 Å². The molecule has 2 heterocycles. The van der Waals surface area contributed by atoms with Crippen LogP contribution in [0.4, 0.5) is 0 Å². The molecular formula is C20H27N3O4. The Hall–Kier alpha value is -2.41. The molecule has 7 nitrogen and oxygen atoms in total. The van der Waals surface area contributed by atoms with E-state index in [4.69, 9.17) is 0 Å². The number of carbonyl (C=O) groups excluding carboxylic acids is 3. The van der Waals surface area contributed by atoms with Gasteiger partial charge in [-0.2, -0.15) is 0 Å². The average Bonchev–Trinajstić information content (AvgIpc) is 2.95. The van der Waals surface area contributed by atoms with Gasteiger partial charge in [0.15, 0.2) is 6.10 Å². The van der Waals surface area contributed by atoms with Crippen LogP contribution in [0.15, 0.2) is 30.3 Å². The Morgan fingerprint density at radius 1 is 0.963 bits per heavy atom. The average molecular weight is 373 g/mol. The smallest absolute Gasteiger partial charge is 0.256 e. The molecule has 0 radical (unpaired) electrons. The highest BCUT2D eigenvalue weighted by molar-refractivity contribution is 5.82. The van der Waals surface area contributed by atoms with E-state index < -0.39 is 6.10 Å². The summed E-state index contributed by atoms with van der Waals surface area (Å²) in [5.74, 6) is -0.170. The molecule has 0 saturated carbocycles. The van der Waals surface area contributed by atoms with E-state index >= 15 is 0 Å². The van der Waals surface area contributed by atoms with Crippen molar-refractivity contribution in [3.8, 4) is 0 Å². The van der Waals surface area contributed by atoms with Gasteiger partial charge in [-0.15, -0.1) is 0 Å². The number of benzene rings is 1. The summed E-state index contributed by atoms with van der Waals surface area (Å²) in [5.41, 5.74) is 0.579. The summed E-state index contributed by atoms with van der Waals surface area (Å²) < 4.78 is 0. The lowest BCUT2D eigenvalue weighted by molar-refractivity contribution is -0.141. The van der Waals surface area contributed by atoms with Crippen LogP contribution in [0.25, 0.3) is 0 Å². The monoisotopic (exact) mass is 373 g/mol. The number of rotatable bonds is 5. The van der Waals surface area contributed by atoms with Gasteiger partial charge in [-0.1, -0.05) is 30.3 Å². The van der Waals surface area contributed by atoms with Gasteiger partial charge < -0.3 is 19.8 Å². The number of aliphatic hydroxyl groups is 1. The van der Waals surface area contributed by atoms with Crippen LogP contribution in [0.5, 0.6) is 0 Å². The fraction of sp³-hybridized carbons (Fsp3) is 0.550. The third-order valence-corrected chi connectivity index (χ3v) is 5.28. The van der Waals surface area contributed by atoms with E-state index in [0.717, 1.165) is 13.0 Å². The largest absolute Gasteiger partial charge is 0.378 e. The molecule has 1 aromatic carbocycles. The fourth-order valence-electron chi connectivity index (χ4n) is 3.67. The molecule has 0 aromatic heterocycles. The summed E-state index contributed by atoms with van der Waals surface area (Å²) in [6.07, 6.45) is 1.29. The van der Waals surface area contributed by atoms with Gasteiger partial charge in [-0.25, -0.2) is 0 Å². The topological polar surface area (TPSA) is 81.2 Å². The minimum atomic E-state index is -1.17. The summed E-state index contributed by atoms with van der Waals surface area (Å²) in [4.78, 5) is 41.9. The van der Waals surface area contributed by atoms with Crippen LogP contribution in [-0.2, 0) is 14.4 Å². The van der Waals surface area contributed by atoms with Gasteiger partial charge in [0.2, 0.25) is 11.8 Å². The Balaban J connectivity index is 1.50. The van der Waals surface area contributed by atoms with E-state index in [-0.39, 0.29) is 17.7 Å². The quantitative estimate of drug-likeness (QED) is 0.828. The summed E-state index contributed by atoms with van der Waals surface area (Å²) in [6.45, 7) is 3.21. The standard InChI is InChI=1S/C20H27N3O4/c24-17-8-4-10-21(17)13-9-18(25)22-11-5-12-23(15-14-22)20(27)19(26)16-6-2-1-3-7-16/h1-3,6-7,19,26H,4-5,8-15H2/t19-/m0/s1. The van der Waals surface area contributed by atoms with E-state index in [1.54, 1.807) is 39.0 Å². The highest BCUT2D eigenvalue weighted by Crippen LogP contribution is 2.17. The van der Waals surface area contributed by atoms with E-state index in [0.29, 0.717) is 57.5 Å². The minimum Gasteiger partial charge on any atom is -0.378 e. The maximum absolute atomic E-state index is 12.6. The summed E-state index contributed by atoms with van der Waals surface area (Å²) in [7, 11) is 0. The number of nitrogens with zero attached hydrogens (tertiary/aromatic N) is 3. The Labute approximate surface area is 159 Å². The first-order chi connectivity index (χ1) is 13.1. The molecule has 0 spiro atoms. The molecule has 3 amide bonds. The maximum atomic E-state index is 12.6. The van der Waals surface area contributed by atoms with E-state index in [1.807, 2.05) is 6.07 Å². The number of hydrogen-bond acceptors (Lipinski definition) is 4. The van der Waals surface area contributed by atoms with Crippen LogP contribution >= 0.6 is 0 Å². The molecule has 2 aliphatic heterocycles. The highest BCUT2D eigenvalue weighted by atomic mass is 16.3. The number of hydrogen-bond donors (Lipinski definition) is 1. The van der Waals surface area contributed by atoms with Crippen LogP contribution in [0.3, 0.4) is 0 Å². The maximum Gasteiger partial charge on any atom is 0.256 e. The molecular weight excluding hydrogens is 346 g/mol. The highest BCUT2D eigenvalue weighted by Gasteiger charge is 2.27. The second-order valence-electron chi connectivity index (χ2n) is 7.11. The predicted octanol–water partition coefficient (Wildman–Crippen LogP) is 0.793. The first-order valence-electron chi connectivity index (χ1n) is 9.63. The number of amides is 3. The van der Waals surface area contributed by atoms with Crippen molar-refractivity contribution < 1.29 is 19.5 Å². The summed E-state index contributed by atoms with van der Waals surface area (Å²) >= 11 is 0. The molecule has 2 fully saturated rings. The van der Waals surface area contributed by atoms with Crippen molar-refractivity contribution in [2.45, 2.75) is 31.8 Å². The molecule has 3 rings (SSSR count). The third kappa shape index (κ3) is 4.86. The molecule has 2 saturated heterocycles. The summed E-state index contributed by atoms with van der Waals surface area (Å²) in [5, 5.41) is 10.3. The predicted molar refractivity (Wildman–Crippen MR) is 99.6 cm³/mol. The fourth-order valence-corrected chi connectivity index (χ4v) is 3.67. The zero-order chi connectivity index (χ0) is 19.2. The lowest BCUT2D eigenvalue weighted by atomic mass is 10.1. The first-order valence-corrected chi connectivity index (χ1v) is 9.63. The summed E-state index contributed by atoms with van der Waals surface area (Å²) in [6, 6.07) is 8.89. The minimum absolute atomic E-state index is 0.0209.